The van der Waals surface area contributed by atoms with Crippen LogP contribution in [0.4, 0.5) is 0 Å². The summed E-state index contributed by atoms with van der Waals surface area (Å²) in [7, 11) is 0. The molecule has 2 unspecified atom stereocenters. The molecular formula is C23H18O3. The van der Waals surface area contributed by atoms with Gasteiger partial charge in [-0.15, -0.1) is 0 Å². The van der Waals surface area contributed by atoms with Crippen molar-refractivity contribution in [3.63, 3.8) is 0 Å². The van der Waals surface area contributed by atoms with Crippen molar-refractivity contribution in [2.24, 2.45) is 5.92 Å². The highest BCUT2D eigenvalue weighted by molar-refractivity contribution is 6.18. The molecule has 0 amide bonds. The second kappa shape index (κ2) is 6.60. The van der Waals surface area contributed by atoms with Crippen LogP contribution in [-0.4, -0.2) is 11.6 Å². The van der Waals surface area contributed by atoms with Gasteiger partial charge in [-0.3, -0.25) is 9.59 Å². The van der Waals surface area contributed by atoms with Crippen molar-refractivity contribution in [2.75, 3.05) is 0 Å². The number of fused-ring (bicyclic) bond motifs is 1. The van der Waals surface area contributed by atoms with Gasteiger partial charge in [0.15, 0.2) is 11.6 Å². The predicted molar refractivity (Wildman–Crippen MR) is 99.6 cm³/mol. The zero-order valence-electron chi connectivity index (χ0n) is 14.4. The van der Waals surface area contributed by atoms with Crippen molar-refractivity contribution in [1.82, 2.24) is 0 Å². The van der Waals surface area contributed by atoms with E-state index < -0.39 is 12.0 Å². The molecule has 0 bridgehead atoms. The maximum Gasteiger partial charge on any atom is 0.181 e. The molecule has 0 spiro atoms. The van der Waals surface area contributed by atoms with Gasteiger partial charge in [-0.2, -0.15) is 0 Å². The number of Topliss-reactive ketones (excluding diaryl/α,β-unsaturated/α-hetero) is 2. The monoisotopic (exact) mass is 342 g/mol. The Bertz CT molecular complexity index is 961. The molecule has 0 aliphatic carbocycles. The molecule has 3 heteroatoms. The van der Waals surface area contributed by atoms with Crippen LogP contribution in [0.1, 0.15) is 37.9 Å². The summed E-state index contributed by atoms with van der Waals surface area (Å²) in [4.78, 5) is 26.5. The molecule has 0 fully saturated rings. The van der Waals surface area contributed by atoms with Gasteiger partial charge in [-0.25, -0.2) is 0 Å². The highest BCUT2D eigenvalue weighted by Gasteiger charge is 2.43. The molecule has 1 aliphatic heterocycles. The predicted octanol–water partition coefficient (Wildman–Crippen LogP) is 4.81. The van der Waals surface area contributed by atoms with Gasteiger partial charge in [0.2, 0.25) is 0 Å². The number of benzene rings is 3. The zero-order valence-corrected chi connectivity index (χ0v) is 14.4. The van der Waals surface area contributed by atoms with Crippen molar-refractivity contribution in [1.29, 1.82) is 0 Å². The fraction of sp³-hybridized carbons (Fsp3) is 0.130. The van der Waals surface area contributed by atoms with E-state index >= 15 is 0 Å². The number of carbonyl (C=O) groups is 2. The molecule has 0 saturated heterocycles. The molecule has 2 atom stereocenters. The van der Waals surface area contributed by atoms with Crippen molar-refractivity contribution < 1.29 is 14.3 Å². The average Bonchev–Trinajstić information content (AvgIpc) is 2.69. The Labute approximate surface area is 152 Å². The van der Waals surface area contributed by atoms with E-state index in [1.807, 2.05) is 55.5 Å². The van der Waals surface area contributed by atoms with E-state index in [1.165, 1.54) is 0 Å². The first kappa shape index (κ1) is 16.3. The number of aryl methyl sites for hydroxylation is 1. The summed E-state index contributed by atoms with van der Waals surface area (Å²) in [5.74, 6) is -0.716. The van der Waals surface area contributed by atoms with Gasteiger partial charge < -0.3 is 4.74 Å². The second-order valence-corrected chi connectivity index (χ2v) is 6.47. The second-order valence-electron chi connectivity index (χ2n) is 6.47. The Kier molecular flexibility index (Phi) is 4.13. The molecule has 1 heterocycles. The van der Waals surface area contributed by atoms with E-state index in [9.17, 15) is 9.59 Å². The van der Waals surface area contributed by atoms with Crippen LogP contribution in [0.5, 0.6) is 5.75 Å². The lowest BCUT2D eigenvalue weighted by atomic mass is 9.80. The molecule has 4 rings (SSSR count). The third-order valence-electron chi connectivity index (χ3n) is 4.78. The lowest BCUT2D eigenvalue weighted by Gasteiger charge is -2.33. The highest BCUT2D eigenvalue weighted by Crippen LogP contribution is 2.41. The lowest BCUT2D eigenvalue weighted by molar-refractivity contribution is 0.0567. The first-order chi connectivity index (χ1) is 12.7. The van der Waals surface area contributed by atoms with Crippen molar-refractivity contribution >= 4 is 11.6 Å². The number of hydrogen-bond acceptors (Lipinski definition) is 3. The summed E-state index contributed by atoms with van der Waals surface area (Å²) in [6.45, 7) is 1.91. The number of hydrogen-bond donors (Lipinski definition) is 0. The van der Waals surface area contributed by atoms with E-state index in [0.717, 1.165) is 11.1 Å². The Morgan fingerprint density at radius 2 is 1.50 bits per heavy atom. The van der Waals surface area contributed by atoms with E-state index in [1.54, 1.807) is 30.3 Å². The number of rotatable bonds is 3. The fourth-order valence-electron chi connectivity index (χ4n) is 3.44. The minimum Gasteiger partial charge on any atom is -0.483 e. The molecule has 3 nitrogen and oxygen atoms in total. The lowest BCUT2D eigenvalue weighted by Crippen LogP contribution is -2.37. The van der Waals surface area contributed by atoms with Crippen LogP contribution in [0, 0.1) is 12.8 Å². The van der Waals surface area contributed by atoms with Crippen LogP contribution in [0.2, 0.25) is 0 Å². The Hall–Kier alpha value is -3.20. The summed E-state index contributed by atoms with van der Waals surface area (Å²) in [5, 5.41) is 0. The van der Waals surface area contributed by atoms with Gasteiger partial charge in [0.05, 0.1) is 5.56 Å². The molecule has 0 saturated carbocycles. The molecule has 0 aromatic heterocycles. The quantitative estimate of drug-likeness (QED) is 0.507. The van der Waals surface area contributed by atoms with Crippen LogP contribution < -0.4 is 4.74 Å². The average molecular weight is 342 g/mol. The summed E-state index contributed by atoms with van der Waals surface area (Å²) in [5.41, 5.74) is 2.71. The first-order valence-corrected chi connectivity index (χ1v) is 8.61. The Morgan fingerprint density at radius 3 is 2.19 bits per heavy atom. The maximum absolute atomic E-state index is 13.3. The fourth-order valence-corrected chi connectivity index (χ4v) is 3.44. The third kappa shape index (κ3) is 2.72. The molecular weight excluding hydrogens is 324 g/mol. The van der Waals surface area contributed by atoms with Gasteiger partial charge in [0.25, 0.3) is 0 Å². The smallest absolute Gasteiger partial charge is 0.181 e. The van der Waals surface area contributed by atoms with Crippen molar-refractivity contribution in [3.05, 3.63) is 101 Å². The Morgan fingerprint density at radius 1 is 0.846 bits per heavy atom. The summed E-state index contributed by atoms with van der Waals surface area (Å²) >= 11 is 0. The van der Waals surface area contributed by atoms with Crippen LogP contribution in [-0.2, 0) is 0 Å². The molecule has 3 aromatic rings. The van der Waals surface area contributed by atoms with Gasteiger partial charge in [0, 0.05) is 5.56 Å². The molecule has 3 aromatic carbocycles. The largest absolute Gasteiger partial charge is 0.483 e. The van der Waals surface area contributed by atoms with Gasteiger partial charge >= 0.3 is 0 Å². The first-order valence-electron chi connectivity index (χ1n) is 8.61. The Balaban J connectivity index is 1.85. The van der Waals surface area contributed by atoms with Gasteiger partial charge in [0.1, 0.15) is 17.8 Å². The van der Waals surface area contributed by atoms with Crippen molar-refractivity contribution in [2.45, 2.75) is 13.0 Å². The van der Waals surface area contributed by atoms with Crippen LogP contribution in [0.25, 0.3) is 0 Å². The molecule has 0 radical (unpaired) electrons. The highest BCUT2D eigenvalue weighted by atomic mass is 16.5. The SMILES string of the molecule is Cc1cccc2c1OC(c1ccccc1)C(C(=O)c1ccccc1)C2=O. The van der Waals surface area contributed by atoms with E-state index in [2.05, 4.69) is 0 Å². The minimum atomic E-state index is -0.894. The van der Waals surface area contributed by atoms with Gasteiger partial charge in [-0.05, 0) is 24.1 Å². The van der Waals surface area contributed by atoms with Gasteiger partial charge in [-0.1, -0.05) is 72.8 Å². The van der Waals surface area contributed by atoms with Crippen LogP contribution in [0.15, 0.2) is 78.9 Å². The topological polar surface area (TPSA) is 43.4 Å². The summed E-state index contributed by atoms with van der Waals surface area (Å²) in [6, 6.07) is 23.9. The molecule has 0 N–H and O–H groups in total. The van der Waals surface area contributed by atoms with Crippen LogP contribution in [0.3, 0.4) is 0 Å². The number of ether oxygens (including phenoxy) is 1. The van der Waals surface area contributed by atoms with E-state index in [4.69, 9.17) is 4.74 Å². The number of ketones is 2. The standard InChI is InChI=1S/C23H18O3/c1-15-9-8-14-18-21(25)19(20(24)16-10-4-2-5-11-16)23(26-22(15)18)17-12-6-3-7-13-17/h2-14,19,23H,1H3. The molecule has 26 heavy (non-hydrogen) atoms. The van der Waals surface area contributed by atoms with Crippen molar-refractivity contribution in [3.8, 4) is 5.75 Å². The normalized spacial score (nSPS) is 18.7. The maximum atomic E-state index is 13.3. The zero-order chi connectivity index (χ0) is 18.1. The summed E-state index contributed by atoms with van der Waals surface area (Å²) < 4.78 is 6.23. The van der Waals surface area contributed by atoms with Crippen LogP contribution >= 0.6 is 0 Å². The number of para-hydroxylation sites is 1. The van der Waals surface area contributed by atoms with E-state index in [-0.39, 0.29) is 11.6 Å². The number of carbonyl (C=O) groups excluding carboxylic acids is 2. The molecule has 128 valence electrons. The van der Waals surface area contributed by atoms with E-state index in [0.29, 0.717) is 16.9 Å². The summed E-state index contributed by atoms with van der Waals surface area (Å²) in [6.07, 6.45) is -0.634. The molecule has 1 aliphatic rings. The third-order valence-corrected chi connectivity index (χ3v) is 4.78. The minimum absolute atomic E-state index is 0.183.